The Morgan fingerprint density at radius 3 is 2.48 bits per heavy atom. The van der Waals surface area contributed by atoms with Crippen LogP contribution in [0.4, 0.5) is 5.95 Å². The van der Waals surface area contributed by atoms with Crippen molar-refractivity contribution in [2.45, 2.75) is 57.8 Å². The van der Waals surface area contributed by atoms with Crippen LogP contribution in [0.2, 0.25) is 0 Å². The molecule has 2 fully saturated rings. The van der Waals surface area contributed by atoms with Gasteiger partial charge in [0.05, 0.1) is 17.8 Å². The molecule has 2 aliphatic heterocycles. The van der Waals surface area contributed by atoms with Gasteiger partial charge in [0.1, 0.15) is 0 Å². The minimum Gasteiger partial charge on any atom is -0.399 e. The fourth-order valence-electron chi connectivity index (χ4n) is 3.24. The molecule has 1 aromatic rings. The summed E-state index contributed by atoms with van der Waals surface area (Å²) in [6.45, 7) is 10.7. The summed E-state index contributed by atoms with van der Waals surface area (Å²) in [6, 6.07) is 0.370. The highest BCUT2D eigenvalue weighted by molar-refractivity contribution is 6.61. The zero-order chi connectivity index (χ0) is 18.1. The zero-order valence-electron chi connectivity index (χ0n) is 15.7. The molecule has 0 radical (unpaired) electrons. The predicted molar refractivity (Wildman–Crippen MR) is 98.1 cm³/mol. The molecule has 3 heterocycles. The number of aliphatic hydroxyl groups is 1. The van der Waals surface area contributed by atoms with Crippen LogP contribution in [0, 0.1) is 0 Å². The second-order valence-corrected chi connectivity index (χ2v) is 7.82. The van der Waals surface area contributed by atoms with Gasteiger partial charge in [0, 0.05) is 43.5 Å². The first-order valence-corrected chi connectivity index (χ1v) is 9.10. The highest BCUT2D eigenvalue weighted by Gasteiger charge is 2.52. The Balaban J connectivity index is 1.66. The van der Waals surface area contributed by atoms with Crippen molar-refractivity contribution in [1.82, 2.24) is 15.3 Å². The lowest BCUT2D eigenvalue weighted by Gasteiger charge is -2.32. The molecule has 8 heteroatoms. The topological polar surface area (TPSA) is 79.7 Å². The number of hydrogen-bond acceptors (Lipinski definition) is 7. The SMILES string of the molecule is CC1(C)OB(c2cnc(N3CCCC3CNCCO)nc2)OC1(C)C. The number of aromatic nitrogens is 2. The molecule has 1 aromatic heterocycles. The van der Waals surface area contributed by atoms with Gasteiger partial charge in [-0.1, -0.05) is 0 Å². The molecule has 7 nitrogen and oxygen atoms in total. The van der Waals surface area contributed by atoms with Gasteiger partial charge in [0.15, 0.2) is 0 Å². The molecule has 3 rings (SSSR count). The summed E-state index contributed by atoms with van der Waals surface area (Å²) in [4.78, 5) is 11.3. The molecule has 0 bridgehead atoms. The van der Waals surface area contributed by atoms with Gasteiger partial charge < -0.3 is 24.6 Å². The first-order chi connectivity index (χ1) is 11.8. The van der Waals surface area contributed by atoms with Crippen molar-refractivity contribution in [2.75, 3.05) is 31.1 Å². The molecule has 1 atom stereocenters. The highest BCUT2D eigenvalue weighted by atomic mass is 16.7. The summed E-state index contributed by atoms with van der Waals surface area (Å²) in [5.74, 6) is 0.744. The van der Waals surface area contributed by atoms with Crippen LogP contribution in [-0.2, 0) is 9.31 Å². The molecule has 0 saturated carbocycles. The van der Waals surface area contributed by atoms with E-state index in [4.69, 9.17) is 14.4 Å². The van der Waals surface area contributed by atoms with Gasteiger partial charge >= 0.3 is 7.12 Å². The van der Waals surface area contributed by atoms with E-state index in [2.05, 4.69) is 20.2 Å². The van der Waals surface area contributed by atoms with Crippen LogP contribution in [0.15, 0.2) is 12.4 Å². The van der Waals surface area contributed by atoms with Crippen molar-refractivity contribution in [3.8, 4) is 0 Å². The summed E-state index contributed by atoms with van der Waals surface area (Å²) >= 11 is 0. The summed E-state index contributed by atoms with van der Waals surface area (Å²) < 4.78 is 12.1. The Kier molecular flexibility index (Phi) is 5.34. The van der Waals surface area contributed by atoms with Crippen molar-refractivity contribution in [3.63, 3.8) is 0 Å². The van der Waals surface area contributed by atoms with E-state index in [1.165, 1.54) is 0 Å². The van der Waals surface area contributed by atoms with Gasteiger partial charge in [-0.05, 0) is 40.5 Å². The first-order valence-electron chi connectivity index (χ1n) is 9.10. The van der Waals surface area contributed by atoms with Gasteiger partial charge in [-0.2, -0.15) is 0 Å². The lowest BCUT2D eigenvalue weighted by atomic mass is 9.81. The van der Waals surface area contributed by atoms with Gasteiger partial charge in [0.2, 0.25) is 5.95 Å². The quantitative estimate of drug-likeness (QED) is 0.566. The molecule has 2 aliphatic rings. The van der Waals surface area contributed by atoms with Gasteiger partial charge in [-0.15, -0.1) is 0 Å². The lowest BCUT2D eigenvalue weighted by Crippen LogP contribution is -2.41. The smallest absolute Gasteiger partial charge is 0.399 e. The minimum absolute atomic E-state index is 0.159. The number of hydrogen-bond donors (Lipinski definition) is 2. The van der Waals surface area contributed by atoms with E-state index >= 15 is 0 Å². The zero-order valence-corrected chi connectivity index (χ0v) is 15.7. The van der Waals surface area contributed by atoms with E-state index in [-0.39, 0.29) is 17.8 Å². The van der Waals surface area contributed by atoms with Gasteiger partial charge in [-0.3, -0.25) is 0 Å². The van der Waals surface area contributed by atoms with Crippen LogP contribution in [0.3, 0.4) is 0 Å². The Morgan fingerprint density at radius 1 is 1.24 bits per heavy atom. The average molecular weight is 348 g/mol. The third-order valence-electron chi connectivity index (χ3n) is 5.49. The minimum atomic E-state index is -0.431. The maximum Gasteiger partial charge on any atom is 0.498 e. The van der Waals surface area contributed by atoms with Crippen LogP contribution in [0.5, 0.6) is 0 Å². The molecule has 138 valence electrons. The van der Waals surface area contributed by atoms with E-state index < -0.39 is 7.12 Å². The third kappa shape index (κ3) is 3.82. The molecule has 1 unspecified atom stereocenters. The van der Waals surface area contributed by atoms with Gasteiger partial charge in [-0.25, -0.2) is 9.97 Å². The van der Waals surface area contributed by atoms with Crippen molar-refractivity contribution >= 4 is 18.5 Å². The Bertz CT molecular complexity index is 566. The normalized spacial score (nSPS) is 24.9. The van der Waals surface area contributed by atoms with E-state index in [0.717, 1.165) is 37.3 Å². The monoisotopic (exact) mass is 348 g/mol. The average Bonchev–Trinajstić information content (AvgIpc) is 3.10. The first kappa shape index (κ1) is 18.6. The Labute approximate surface area is 150 Å². The Morgan fingerprint density at radius 2 is 1.88 bits per heavy atom. The van der Waals surface area contributed by atoms with Crippen molar-refractivity contribution in [1.29, 1.82) is 0 Å². The lowest BCUT2D eigenvalue weighted by molar-refractivity contribution is 0.00578. The maximum absolute atomic E-state index is 8.91. The van der Waals surface area contributed by atoms with Crippen LogP contribution in [0.1, 0.15) is 40.5 Å². The fourth-order valence-corrected chi connectivity index (χ4v) is 3.24. The maximum atomic E-state index is 8.91. The second kappa shape index (κ2) is 7.19. The van der Waals surface area contributed by atoms with Crippen LogP contribution < -0.4 is 15.7 Å². The molecular formula is C17H29BN4O3. The number of aliphatic hydroxyl groups excluding tert-OH is 1. The van der Waals surface area contributed by atoms with E-state index in [9.17, 15) is 0 Å². The molecule has 0 amide bonds. The third-order valence-corrected chi connectivity index (χ3v) is 5.49. The summed E-state index contributed by atoms with van der Waals surface area (Å²) in [5.41, 5.74) is 0.111. The largest absolute Gasteiger partial charge is 0.498 e. The van der Waals surface area contributed by atoms with Crippen LogP contribution >= 0.6 is 0 Å². The molecule has 25 heavy (non-hydrogen) atoms. The number of nitrogens with zero attached hydrogens (tertiary/aromatic N) is 3. The standard InChI is InChI=1S/C17H29BN4O3/c1-16(2)17(3,4)25-18(24-16)13-10-20-15(21-11-13)22-8-5-6-14(22)12-19-7-9-23/h10-11,14,19,23H,5-9,12H2,1-4H3. The number of nitrogens with one attached hydrogen (secondary N) is 1. The molecule has 0 spiro atoms. The summed E-state index contributed by atoms with van der Waals surface area (Å²) in [6.07, 6.45) is 5.86. The predicted octanol–water partition coefficient (Wildman–Crippen LogP) is 0.327. The number of rotatable bonds is 6. The van der Waals surface area contributed by atoms with Crippen molar-refractivity contribution in [3.05, 3.63) is 12.4 Å². The van der Waals surface area contributed by atoms with E-state index in [1.807, 2.05) is 27.7 Å². The van der Waals surface area contributed by atoms with Crippen LogP contribution in [-0.4, -0.2) is 65.7 Å². The van der Waals surface area contributed by atoms with E-state index in [0.29, 0.717) is 12.6 Å². The molecule has 2 saturated heterocycles. The summed E-state index contributed by atoms with van der Waals surface area (Å²) in [7, 11) is -0.431. The van der Waals surface area contributed by atoms with E-state index in [1.54, 1.807) is 12.4 Å². The van der Waals surface area contributed by atoms with Crippen molar-refractivity contribution in [2.24, 2.45) is 0 Å². The molecule has 2 N–H and O–H groups in total. The number of anilines is 1. The second-order valence-electron chi connectivity index (χ2n) is 7.82. The molecule has 0 aliphatic carbocycles. The van der Waals surface area contributed by atoms with Crippen LogP contribution in [0.25, 0.3) is 0 Å². The Hall–Kier alpha value is -1.22. The van der Waals surface area contributed by atoms with Crippen molar-refractivity contribution < 1.29 is 14.4 Å². The molecule has 0 aromatic carbocycles. The summed E-state index contributed by atoms with van der Waals surface area (Å²) in [5, 5.41) is 12.2. The fraction of sp³-hybridized carbons (Fsp3) is 0.765. The van der Waals surface area contributed by atoms with Gasteiger partial charge in [0.25, 0.3) is 0 Å². The highest BCUT2D eigenvalue weighted by Crippen LogP contribution is 2.36. The molecular weight excluding hydrogens is 319 g/mol.